The number of nitrogens with zero attached hydrogens (tertiary/aromatic N) is 2. The summed E-state index contributed by atoms with van der Waals surface area (Å²) in [4.78, 5) is 15.5. The van der Waals surface area contributed by atoms with Gasteiger partial charge < -0.3 is 4.74 Å². The molecule has 0 radical (unpaired) electrons. The van der Waals surface area contributed by atoms with Gasteiger partial charge in [-0.1, -0.05) is 30.3 Å². The van der Waals surface area contributed by atoms with Gasteiger partial charge in [-0.15, -0.1) is 0 Å². The second-order valence-corrected chi connectivity index (χ2v) is 7.61. The maximum absolute atomic E-state index is 13.0. The first-order chi connectivity index (χ1) is 13.8. The average molecular weight is 378 g/mol. The number of benzene rings is 2. The minimum atomic E-state index is 0.174. The zero-order chi connectivity index (χ0) is 19.3. The molecule has 0 aliphatic carbocycles. The summed E-state index contributed by atoms with van der Waals surface area (Å²) in [7, 11) is 0. The van der Waals surface area contributed by atoms with Crippen LogP contribution in [-0.2, 0) is 0 Å². The second-order valence-electron chi connectivity index (χ2n) is 7.61. The van der Waals surface area contributed by atoms with Gasteiger partial charge in [-0.2, -0.15) is 0 Å². The van der Waals surface area contributed by atoms with Gasteiger partial charge in [0.1, 0.15) is 18.8 Å². The lowest BCUT2D eigenvalue weighted by atomic mass is 10.1. The molecule has 0 N–H and O–H groups in total. The van der Waals surface area contributed by atoms with E-state index in [9.17, 15) is 4.79 Å². The number of rotatable bonds is 6. The van der Waals surface area contributed by atoms with Gasteiger partial charge in [0, 0.05) is 17.5 Å². The Morgan fingerprint density at radius 1 is 1.07 bits per heavy atom. The number of ether oxygens (including phenoxy) is 1. The lowest BCUT2D eigenvalue weighted by Crippen LogP contribution is -2.31. The van der Waals surface area contributed by atoms with Crippen LogP contribution >= 0.6 is 0 Å². The smallest absolute Gasteiger partial charge is 0.248 e. The van der Waals surface area contributed by atoms with Crippen molar-refractivity contribution in [2.24, 2.45) is 0 Å². The van der Waals surface area contributed by atoms with Crippen molar-refractivity contribution in [2.45, 2.75) is 38.6 Å². The lowest BCUT2D eigenvalue weighted by Gasteiger charge is -2.19. The molecule has 1 fully saturated rings. The molecule has 0 spiro atoms. The first-order valence-electron chi connectivity index (χ1n) is 10.4. The minimum Gasteiger partial charge on any atom is -0.494 e. The van der Waals surface area contributed by atoms with Crippen LogP contribution in [0.1, 0.15) is 54.6 Å². The highest BCUT2D eigenvalue weighted by Gasteiger charge is 2.41. The predicted octanol–water partition coefficient (Wildman–Crippen LogP) is 4.31. The summed E-state index contributed by atoms with van der Waals surface area (Å²) < 4.78 is 7.81. The van der Waals surface area contributed by atoms with Crippen LogP contribution in [0.3, 0.4) is 0 Å². The zero-order valence-electron chi connectivity index (χ0n) is 16.6. The van der Waals surface area contributed by atoms with Crippen molar-refractivity contribution in [3.05, 3.63) is 65.7 Å². The molecule has 2 aromatic carbocycles. The molecule has 0 aromatic heterocycles. The SMILES string of the molecule is CCOc1ccc(C(=O)C[N+]2=C3CCCCCN3[C@H](c3ccccc3)C2)cc1. The largest absolute Gasteiger partial charge is 0.494 e. The van der Waals surface area contributed by atoms with E-state index in [0.29, 0.717) is 19.2 Å². The van der Waals surface area contributed by atoms with E-state index in [2.05, 4.69) is 39.8 Å². The number of ketones is 1. The molecular formula is C24H29N2O2+. The fourth-order valence-electron chi connectivity index (χ4n) is 4.39. The van der Waals surface area contributed by atoms with Crippen molar-refractivity contribution < 1.29 is 14.1 Å². The maximum Gasteiger partial charge on any atom is 0.248 e. The Morgan fingerprint density at radius 2 is 1.86 bits per heavy atom. The summed E-state index contributed by atoms with van der Waals surface area (Å²) >= 11 is 0. The molecule has 0 unspecified atom stereocenters. The lowest BCUT2D eigenvalue weighted by molar-refractivity contribution is -0.509. The summed E-state index contributed by atoms with van der Waals surface area (Å²) in [5.41, 5.74) is 2.10. The summed E-state index contributed by atoms with van der Waals surface area (Å²) in [6.45, 7) is 5.02. The number of fused-ring (bicyclic) bond motifs is 1. The van der Waals surface area contributed by atoms with Crippen molar-refractivity contribution in [2.75, 3.05) is 26.2 Å². The molecule has 1 saturated heterocycles. The van der Waals surface area contributed by atoms with Crippen molar-refractivity contribution in [1.29, 1.82) is 0 Å². The quantitative estimate of drug-likeness (QED) is 0.555. The number of Topliss-reactive ketones (excluding diaryl/α,β-unsaturated/α-hetero) is 1. The van der Waals surface area contributed by atoms with Gasteiger partial charge in [-0.3, -0.25) is 14.3 Å². The molecule has 4 rings (SSSR count). The van der Waals surface area contributed by atoms with Crippen molar-refractivity contribution in [3.63, 3.8) is 0 Å². The Balaban J connectivity index is 1.55. The van der Waals surface area contributed by atoms with E-state index in [-0.39, 0.29) is 5.78 Å². The number of amidine groups is 1. The van der Waals surface area contributed by atoms with Gasteiger partial charge >= 0.3 is 0 Å². The first kappa shape index (κ1) is 18.7. The van der Waals surface area contributed by atoms with Crippen LogP contribution in [0.4, 0.5) is 0 Å². The summed E-state index contributed by atoms with van der Waals surface area (Å²) in [5.74, 6) is 2.34. The Morgan fingerprint density at radius 3 is 2.61 bits per heavy atom. The number of carbonyl (C=O) groups excluding carboxylic acids is 1. The molecule has 0 saturated carbocycles. The van der Waals surface area contributed by atoms with Crippen LogP contribution in [-0.4, -0.2) is 47.3 Å². The summed E-state index contributed by atoms with van der Waals surface area (Å²) in [5, 5.41) is 0. The third kappa shape index (κ3) is 3.96. The van der Waals surface area contributed by atoms with E-state index in [1.54, 1.807) is 0 Å². The molecule has 2 aliphatic rings. The molecule has 0 bridgehead atoms. The van der Waals surface area contributed by atoms with Gasteiger partial charge in [-0.05, 0) is 50.5 Å². The van der Waals surface area contributed by atoms with E-state index in [1.807, 2.05) is 31.2 Å². The van der Waals surface area contributed by atoms with E-state index in [4.69, 9.17) is 4.74 Å². The Hall–Kier alpha value is -2.62. The highest BCUT2D eigenvalue weighted by atomic mass is 16.5. The van der Waals surface area contributed by atoms with E-state index >= 15 is 0 Å². The minimum absolute atomic E-state index is 0.174. The molecule has 2 aliphatic heterocycles. The van der Waals surface area contributed by atoms with E-state index in [0.717, 1.165) is 30.8 Å². The van der Waals surface area contributed by atoms with Crippen molar-refractivity contribution >= 4 is 11.6 Å². The van der Waals surface area contributed by atoms with Crippen LogP contribution in [0, 0.1) is 0 Å². The molecule has 2 aromatic rings. The monoisotopic (exact) mass is 377 g/mol. The van der Waals surface area contributed by atoms with Crippen molar-refractivity contribution in [1.82, 2.24) is 4.90 Å². The normalized spacial score (nSPS) is 19.3. The van der Waals surface area contributed by atoms with Crippen LogP contribution in [0.25, 0.3) is 0 Å². The second kappa shape index (κ2) is 8.59. The number of hydrogen-bond donors (Lipinski definition) is 0. The molecule has 4 heteroatoms. The van der Waals surface area contributed by atoms with E-state index in [1.165, 1.54) is 30.7 Å². The molecule has 28 heavy (non-hydrogen) atoms. The topological polar surface area (TPSA) is 32.6 Å². The van der Waals surface area contributed by atoms with Gasteiger partial charge in [0.05, 0.1) is 13.2 Å². The van der Waals surface area contributed by atoms with Crippen LogP contribution < -0.4 is 4.74 Å². The van der Waals surface area contributed by atoms with Crippen molar-refractivity contribution in [3.8, 4) is 5.75 Å². The van der Waals surface area contributed by atoms with Crippen LogP contribution in [0.5, 0.6) is 5.75 Å². The van der Waals surface area contributed by atoms with Gasteiger partial charge in [0.2, 0.25) is 11.6 Å². The maximum atomic E-state index is 13.0. The van der Waals surface area contributed by atoms with E-state index < -0.39 is 0 Å². The Kier molecular flexibility index (Phi) is 5.75. The third-order valence-electron chi connectivity index (χ3n) is 5.77. The first-order valence-corrected chi connectivity index (χ1v) is 10.4. The van der Waals surface area contributed by atoms with Gasteiger partial charge in [-0.25, -0.2) is 0 Å². The molecule has 4 nitrogen and oxygen atoms in total. The molecule has 0 amide bonds. The predicted molar refractivity (Wildman–Crippen MR) is 111 cm³/mol. The fraction of sp³-hybridized carbons (Fsp3) is 0.417. The number of carbonyl (C=O) groups is 1. The summed E-state index contributed by atoms with van der Waals surface area (Å²) in [6, 6.07) is 18.6. The molecule has 1 atom stereocenters. The highest BCUT2D eigenvalue weighted by molar-refractivity contribution is 5.97. The Bertz CT molecular complexity index is 843. The zero-order valence-corrected chi connectivity index (χ0v) is 16.6. The average Bonchev–Trinajstić information content (AvgIpc) is 2.90. The molecule has 2 heterocycles. The summed E-state index contributed by atoms with van der Waals surface area (Å²) in [6.07, 6.45) is 4.77. The molecule has 146 valence electrons. The third-order valence-corrected chi connectivity index (χ3v) is 5.77. The standard InChI is InChI=1S/C24H29N2O2/c1-2-28-21-14-12-20(13-15-21)23(27)18-25-17-22(19-9-5-3-6-10-19)26-16-8-4-7-11-24(25)26/h3,5-6,9-10,12-15,22H,2,4,7-8,11,16-18H2,1H3/q+1/t22-/m0/s1. The van der Waals surface area contributed by atoms with Gasteiger partial charge in [0.25, 0.3) is 0 Å². The van der Waals surface area contributed by atoms with Gasteiger partial charge in [0.15, 0.2) is 6.04 Å². The molecular weight excluding hydrogens is 348 g/mol. The fourth-order valence-corrected chi connectivity index (χ4v) is 4.39. The highest BCUT2D eigenvalue weighted by Crippen LogP contribution is 2.30. The van der Waals surface area contributed by atoms with Crippen LogP contribution in [0.15, 0.2) is 54.6 Å². The number of hydrogen-bond acceptors (Lipinski definition) is 3. The Labute approximate surface area is 167 Å². The van der Waals surface area contributed by atoms with Crippen LogP contribution in [0.2, 0.25) is 0 Å².